The molecule has 37 heavy (non-hydrogen) atoms. The Bertz CT molecular complexity index is 1500. The Kier molecular flexibility index (Phi) is 7.09. The van der Waals surface area contributed by atoms with E-state index >= 15 is 0 Å². The quantitative estimate of drug-likeness (QED) is 0.217. The molecule has 1 fully saturated rings. The third kappa shape index (κ3) is 5.74. The molecule has 4 aromatic rings. The van der Waals surface area contributed by atoms with Crippen LogP contribution < -0.4 is 14.8 Å². The number of benzene rings is 3. The number of aliphatic hydroxyl groups is 1. The van der Waals surface area contributed by atoms with Gasteiger partial charge in [0.05, 0.1) is 17.3 Å². The lowest BCUT2D eigenvalue weighted by Crippen LogP contribution is -2.26. The van der Waals surface area contributed by atoms with E-state index in [1.54, 1.807) is 6.07 Å². The van der Waals surface area contributed by atoms with Crippen LogP contribution in [0.5, 0.6) is 5.75 Å². The first-order valence-corrected chi connectivity index (χ1v) is 13.4. The van der Waals surface area contributed by atoms with E-state index in [4.69, 9.17) is 4.74 Å². The van der Waals surface area contributed by atoms with Crippen LogP contribution in [0.1, 0.15) is 36.1 Å². The number of aromatic amines is 1. The molecule has 1 unspecified atom stereocenters. The average Bonchev–Trinajstić information content (AvgIpc) is 3.62. The van der Waals surface area contributed by atoms with Crippen LogP contribution >= 0.6 is 0 Å². The van der Waals surface area contributed by atoms with Crippen LogP contribution in [-0.2, 0) is 10.0 Å². The molecule has 4 N–H and O–H groups in total. The van der Waals surface area contributed by atoms with Crippen molar-refractivity contribution in [1.29, 1.82) is 0 Å². The average molecular weight is 529 g/mol. The standard InChI is InChI=1S/C26H26F2N4O4S/c27-21-5-2-6-22(28)26(21)37(34,35)32-18-4-1-3-17(13-18)24(33)15-29-11-12-36-19-9-10-20-23(14-19)30-31-25(20)16-7-8-16/h1-6,9-10,13-14,16,24,29,32-33H,7-8,11-12,15H2,(H,30,31). The van der Waals surface area contributed by atoms with E-state index in [-0.39, 0.29) is 12.2 Å². The van der Waals surface area contributed by atoms with E-state index in [1.807, 2.05) is 18.2 Å². The Balaban J connectivity index is 1.12. The second-order valence-electron chi connectivity index (χ2n) is 8.94. The number of aromatic nitrogens is 2. The molecule has 0 spiro atoms. The molecule has 0 aliphatic heterocycles. The van der Waals surface area contributed by atoms with Crippen molar-refractivity contribution in [2.45, 2.75) is 29.8 Å². The summed E-state index contributed by atoms with van der Waals surface area (Å²) in [5.41, 5.74) is 2.56. The lowest BCUT2D eigenvalue weighted by molar-refractivity contribution is 0.172. The highest BCUT2D eigenvalue weighted by Crippen LogP contribution is 2.42. The number of ether oxygens (including phenoxy) is 1. The van der Waals surface area contributed by atoms with Gasteiger partial charge in [-0.2, -0.15) is 5.10 Å². The molecule has 1 aliphatic rings. The Hall–Kier alpha value is -3.54. The predicted octanol–water partition coefficient (Wildman–Crippen LogP) is 4.22. The summed E-state index contributed by atoms with van der Waals surface area (Å²) in [6.07, 6.45) is 1.42. The summed E-state index contributed by atoms with van der Waals surface area (Å²) in [4.78, 5) is -1.06. The van der Waals surface area contributed by atoms with Gasteiger partial charge in [0.25, 0.3) is 10.0 Å². The smallest absolute Gasteiger partial charge is 0.267 e. The molecule has 1 saturated carbocycles. The molecule has 0 amide bonds. The van der Waals surface area contributed by atoms with Gasteiger partial charge in [0.2, 0.25) is 0 Å². The number of sulfonamides is 1. The fourth-order valence-electron chi connectivity index (χ4n) is 4.13. The van der Waals surface area contributed by atoms with Crippen molar-refractivity contribution in [3.8, 4) is 5.75 Å². The zero-order valence-electron chi connectivity index (χ0n) is 19.7. The van der Waals surface area contributed by atoms with Gasteiger partial charge in [-0.1, -0.05) is 18.2 Å². The Morgan fingerprint density at radius 2 is 1.84 bits per heavy atom. The second kappa shape index (κ2) is 10.4. The zero-order valence-corrected chi connectivity index (χ0v) is 20.6. The van der Waals surface area contributed by atoms with Crippen molar-refractivity contribution in [1.82, 2.24) is 15.5 Å². The van der Waals surface area contributed by atoms with Gasteiger partial charge in [-0.15, -0.1) is 0 Å². The first kappa shape index (κ1) is 25.1. The van der Waals surface area contributed by atoms with Gasteiger partial charge in [0.1, 0.15) is 24.0 Å². The molecule has 1 atom stereocenters. The number of hydrogen-bond acceptors (Lipinski definition) is 6. The fourth-order valence-corrected chi connectivity index (χ4v) is 5.32. The highest BCUT2D eigenvalue weighted by molar-refractivity contribution is 7.92. The Morgan fingerprint density at radius 1 is 1.08 bits per heavy atom. The first-order chi connectivity index (χ1) is 17.8. The minimum Gasteiger partial charge on any atom is -0.492 e. The summed E-state index contributed by atoms with van der Waals surface area (Å²) in [5, 5.41) is 22.2. The summed E-state index contributed by atoms with van der Waals surface area (Å²) in [5.74, 6) is -1.11. The van der Waals surface area contributed by atoms with Crippen molar-refractivity contribution in [2.24, 2.45) is 0 Å². The molecule has 11 heteroatoms. The second-order valence-corrected chi connectivity index (χ2v) is 10.6. The third-order valence-corrected chi connectivity index (χ3v) is 7.56. The molecule has 1 heterocycles. The summed E-state index contributed by atoms with van der Waals surface area (Å²) >= 11 is 0. The van der Waals surface area contributed by atoms with Crippen molar-refractivity contribution >= 4 is 26.6 Å². The van der Waals surface area contributed by atoms with Crippen LogP contribution in [0.2, 0.25) is 0 Å². The number of nitrogens with one attached hydrogen (secondary N) is 3. The summed E-state index contributed by atoms with van der Waals surface area (Å²) in [7, 11) is -4.50. The summed E-state index contributed by atoms with van der Waals surface area (Å²) in [6.45, 7) is 1.02. The van der Waals surface area contributed by atoms with E-state index < -0.39 is 32.7 Å². The molecule has 1 aliphatic carbocycles. The molecule has 8 nitrogen and oxygen atoms in total. The normalized spacial score (nSPS) is 14.6. The zero-order chi connectivity index (χ0) is 26.0. The van der Waals surface area contributed by atoms with Crippen LogP contribution in [0.3, 0.4) is 0 Å². The lowest BCUT2D eigenvalue weighted by atomic mass is 10.1. The number of rotatable bonds is 11. The van der Waals surface area contributed by atoms with Gasteiger partial charge < -0.3 is 15.2 Å². The lowest BCUT2D eigenvalue weighted by Gasteiger charge is -2.15. The van der Waals surface area contributed by atoms with Crippen LogP contribution in [0.15, 0.2) is 65.6 Å². The number of aliphatic hydroxyl groups excluding tert-OH is 1. The Morgan fingerprint density at radius 3 is 2.59 bits per heavy atom. The largest absolute Gasteiger partial charge is 0.492 e. The van der Waals surface area contributed by atoms with Gasteiger partial charge in [-0.25, -0.2) is 17.2 Å². The molecule has 0 saturated heterocycles. The van der Waals surface area contributed by atoms with E-state index in [2.05, 4.69) is 20.2 Å². The van der Waals surface area contributed by atoms with Gasteiger partial charge >= 0.3 is 0 Å². The summed E-state index contributed by atoms with van der Waals surface area (Å²) < 4.78 is 60.9. The van der Waals surface area contributed by atoms with Crippen LogP contribution in [0.4, 0.5) is 14.5 Å². The van der Waals surface area contributed by atoms with Crippen molar-refractivity contribution < 1.29 is 27.0 Å². The molecular formula is C26H26F2N4O4S. The first-order valence-electron chi connectivity index (χ1n) is 11.9. The topological polar surface area (TPSA) is 116 Å². The highest BCUT2D eigenvalue weighted by Gasteiger charge is 2.28. The van der Waals surface area contributed by atoms with Gasteiger partial charge in [-0.05, 0) is 54.8 Å². The number of fused-ring (bicyclic) bond motifs is 1. The minimum atomic E-state index is -4.50. The SMILES string of the molecule is O=S(=O)(Nc1cccc(C(O)CNCCOc2ccc3c(C4CC4)n[nH]c3c2)c1)c1c(F)cccc1F. The molecular weight excluding hydrogens is 502 g/mol. The number of anilines is 1. The number of H-pyrrole nitrogens is 1. The van der Waals surface area contributed by atoms with E-state index in [0.29, 0.717) is 30.4 Å². The number of halogens is 2. The predicted molar refractivity (Wildman–Crippen MR) is 135 cm³/mol. The molecule has 194 valence electrons. The monoisotopic (exact) mass is 528 g/mol. The van der Waals surface area contributed by atoms with Gasteiger partial charge in [0, 0.05) is 36.1 Å². The molecule has 0 bridgehead atoms. The van der Waals surface area contributed by atoms with Crippen LogP contribution in [-0.4, -0.2) is 43.4 Å². The molecule has 0 radical (unpaired) electrons. The van der Waals surface area contributed by atoms with Crippen LogP contribution in [0.25, 0.3) is 10.9 Å². The number of hydrogen-bond donors (Lipinski definition) is 4. The maximum Gasteiger partial charge on any atom is 0.267 e. The summed E-state index contributed by atoms with van der Waals surface area (Å²) in [6, 6.07) is 14.7. The fraction of sp³-hybridized carbons (Fsp3) is 0.269. The molecule has 1 aromatic heterocycles. The minimum absolute atomic E-state index is 0.0709. The van der Waals surface area contributed by atoms with E-state index in [9.17, 15) is 22.3 Å². The molecule has 3 aromatic carbocycles. The van der Waals surface area contributed by atoms with Gasteiger partial charge in [-0.3, -0.25) is 9.82 Å². The number of nitrogens with zero attached hydrogens (tertiary/aromatic N) is 1. The van der Waals surface area contributed by atoms with Crippen molar-refractivity contribution in [3.63, 3.8) is 0 Å². The van der Waals surface area contributed by atoms with E-state index in [1.165, 1.54) is 31.0 Å². The maximum atomic E-state index is 13.9. The van der Waals surface area contributed by atoms with E-state index in [0.717, 1.165) is 34.8 Å². The van der Waals surface area contributed by atoms with Gasteiger partial charge in [0.15, 0.2) is 4.90 Å². The maximum absolute atomic E-state index is 13.9. The van der Waals surface area contributed by atoms with Crippen molar-refractivity contribution in [2.75, 3.05) is 24.4 Å². The molecule has 5 rings (SSSR count). The van der Waals surface area contributed by atoms with Crippen molar-refractivity contribution in [3.05, 3.63) is 83.6 Å². The third-order valence-electron chi connectivity index (χ3n) is 6.12. The Labute approximate surface area is 212 Å². The highest BCUT2D eigenvalue weighted by atomic mass is 32.2. The van der Waals surface area contributed by atoms with Crippen LogP contribution in [0, 0.1) is 11.6 Å².